The molecule has 0 spiro atoms. The zero-order valence-corrected chi connectivity index (χ0v) is 8.81. The molecule has 1 aliphatic rings. The van der Waals surface area contributed by atoms with E-state index in [0.29, 0.717) is 6.10 Å². The number of epoxide rings is 1. The predicted molar refractivity (Wildman–Crippen MR) is 51.5 cm³/mol. The number of hydrogen-bond acceptors (Lipinski definition) is 1. The van der Waals surface area contributed by atoms with E-state index in [1.165, 1.54) is 18.0 Å². The summed E-state index contributed by atoms with van der Waals surface area (Å²) < 4.78 is 5.15. The first kappa shape index (κ1) is 9.01. The summed E-state index contributed by atoms with van der Waals surface area (Å²) >= 11 is 0. The van der Waals surface area contributed by atoms with Crippen molar-refractivity contribution in [3.63, 3.8) is 0 Å². The largest absolute Gasteiger partial charge is 0.373 e. The van der Waals surface area contributed by atoms with Crippen molar-refractivity contribution in [2.45, 2.75) is 38.6 Å². The van der Waals surface area contributed by atoms with Crippen molar-refractivity contribution in [2.75, 3.05) is 6.61 Å². The van der Waals surface area contributed by atoms with Gasteiger partial charge in [-0.05, 0) is 12.8 Å². The van der Waals surface area contributed by atoms with E-state index in [9.17, 15) is 0 Å². The van der Waals surface area contributed by atoms with Crippen LogP contribution in [0.5, 0.6) is 0 Å². The Morgan fingerprint density at radius 1 is 1.55 bits per heavy atom. The molecule has 1 aliphatic heterocycles. The van der Waals surface area contributed by atoms with E-state index < -0.39 is 8.07 Å². The van der Waals surface area contributed by atoms with E-state index in [4.69, 9.17) is 4.74 Å². The fourth-order valence-electron chi connectivity index (χ4n) is 0.945. The average Bonchev–Trinajstić information content (AvgIpc) is 2.62. The predicted octanol–water partition coefficient (Wildman–Crippen LogP) is 2.60. The average molecular weight is 170 g/mol. The highest BCUT2D eigenvalue weighted by molar-refractivity contribution is 6.82. The molecular weight excluding hydrogens is 152 g/mol. The fourth-order valence-corrected chi connectivity index (χ4v) is 1.84. The zero-order chi connectivity index (χ0) is 8.48. The molecule has 1 atom stereocenters. The minimum absolute atomic E-state index is 0.572. The Labute approximate surface area is 70.5 Å². The van der Waals surface area contributed by atoms with Gasteiger partial charge in [0.15, 0.2) is 0 Å². The van der Waals surface area contributed by atoms with Crippen LogP contribution in [0.25, 0.3) is 0 Å². The third kappa shape index (κ3) is 3.21. The van der Waals surface area contributed by atoms with Crippen LogP contribution in [-0.2, 0) is 4.74 Å². The van der Waals surface area contributed by atoms with Gasteiger partial charge in [-0.2, -0.15) is 0 Å². The smallest absolute Gasteiger partial charge is 0.0812 e. The van der Waals surface area contributed by atoms with E-state index in [-0.39, 0.29) is 0 Å². The fraction of sp³-hybridized carbons (Fsp3) is 0.778. The molecule has 11 heavy (non-hydrogen) atoms. The first-order valence-corrected chi connectivity index (χ1v) is 7.80. The Morgan fingerprint density at radius 2 is 2.09 bits per heavy atom. The number of ether oxygens (including phenoxy) is 1. The monoisotopic (exact) mass is 170 g/mol. The second kappa shape index (κ2) is 3.11. The van der Waals surface area contributed by atoms with Crippen LogP contribution in [0.3, 0.4) is 0 Å². The number of rotatable bonds is 4. The molecular formula is C9H18OSi. The molecule has 1 nitrogen and oxygen atoms in total. The summed E-state index contributed by atoms with van der Waals surface area (Å²) in [5, 5.41) is 1.48. The second-order valence-electron chi connectivity index (χ2n) is 4.35. The van der Waals surface area contributed by atoms with E-state index >= 15 is 0 Å². The van der Waals surface area contributed by atoms with Crippen molar-refractivity contribution in [1.82, 2.24) is 0 Å². The highest BCUT2D eigenvalue weighted by atomic mass is 28.3. The minimum atomic E-state index is -1.05. The van der Waals surface area contributed by atoms with E-state index in [1.807, 2.05) is 0 Å². The van der Waals surface area contributed by atoms with Gasteiger partial charge < -0.3 is 4.74 Å². The Kier molecular flexibility index (Phi) is 2.55. The molecule has 0 aromatic heterocycles. The highest BCUT2D eigenvalue weighted by Gasteiger charge is 2.24. The second-order valence-corrected chi connectivity index (χ2v) is 9.55. The molecule has 0 aromatic rings. The quantitative estimate of drug-likeness (QED) is 0.467. The molecule has 2 heteroatoms. The summed E-state index contributed by atoms with van der Waals surface area (Å²) in [6.07, 6.45) is 2.95. The minimum Gasteiger partial charge on any atom is -0.373 e. The van der Waals surface area contributed by atoms with Gasteiger partial charge in [0, 0.05) is 0 Å². The summed E-state index contributed by atoms with van der Waals surface area (Å²) in [7, 11) is -1.05. The van der Waals surface area contributed by atoms with Gasteiger partial charge in [0.2, 0.25) is 0 Å². The maximum atomic E-state index is 5.15. The number of allylic oxidation sites excluding steroid dienone is 1. The molecule has 0 aliphatic carbocycles. The van der Waals surface area contributed by atoms with Crippen LogP contribution >= 0.6 is 0 Å². The van der Waals surface area contributed by atoms with Gasteiger partial charge >= 0.3 is 0 Å². The van der Waals surface area contributed by atoms with Crippen LogP contribution in [0.15, 0.2) is 11.8 Å². The molecule has 1 unspecified atom stereocenters. The molecule has 1 fully saturated rings. The van der Waals surface area contributed by atoms with Crippen molar-refractivity contribution in [3.8, 4) is 0 Å². The van der Waals surface area contributed by atoms with Crippen LogP contribution in [0, 0.1) is 0 Å². The molecule has 64 valence electrons. The van der Waals surface area contributed by atoms with Crippen molar-refractivity contribution < 1.29 is 4.74 Å². The molecule has 0 N–H and O–H groups in total. The van der Waals surface area contributed by atoms with E-state index in [2.05, 4.69) is 26.2 Å². The Balaban J connectivity index is 2.19. The first-order valence-electron chi connectivity index (χ1n) is 4.30. The third-order valence-electron chi connectivity index (χ3n) is 2.23. The van der Waals surface area contributed by atoms with Gasteiger partial charge in [-0.15, -0.1) is 6.58 Å². The summed E-state index contributed by atoms with van der Waals surface area (Å²) in [6.45, 7) is 12.2. The van der Waals surface area contributed by atoms with Crippen molar-refractivity contribution >= 4 is 8.07 Å². The Hall–Kier alpha value is -0.0831. The summed E-state index contributed by atoms with van der Waals surface area (Å²) in [4.78, 5) is 0. The number of hydrogen-bond donors (Lipinski definition) is 0. The molecule has 1 heterocycles. The molecule has 0 aromatic carbocycles. The topological polar surface area (TPSA) is 12.5 Å². The lowest BCUT2D eigenvalue weighted by Crippen LogP contribution is -2.23. The lowest BCUT2D eigenvalue weighted by Gasteiger charge is -2.18. The van der Waals surface area contributed by atoms with Gasteiger partial charge in [-0.1, -0.05) is 24.8 Å². The van der Waals surface area contributed by atoms with Crippen molar-refractivity contribution in [2.24, 2.45) is 0 Å². The van der Waals surface area contributed by atoms with E-state index in [1.54, 1.807) is 0 Å². The van der Waals surface area contributed by atoms with Crippen LogP contribution in [0.4, 0.5) is 0 Å². The van der Waals surface area contributed by atoms with Crippen LogP contribution in [-0.4, -0.2) is 20.8 Å². The molecule has 0 saturated carbocycles. The Bertz CT molecular complexity index is 153. The lowest BCUT2D eigenvalue weighted by atomic mass is 10.2. The molecule has 1 rings (SSSR count). The van der Waals surface area contributed by atoms with Gasteiger partial charge in [0.25, 0.3) is 0 Å². The molecule has 0 radical (unpaired) electrons. The van der Waals surface area contributed by atoms with Gasteiger partial charge in [0.1, 0.15) is 0 Å². The third-order valence-corrected chi connectivity index (χ3v) is 4.60. The summed E-state index contributed by atoms with van der Waals surface area (Å²) in [6, 6.07) is 0. The summed E-state index contributed by atoms with van der Waals surface area (Å²) in [5.41, 5.74) is 0. The SMILES string of the molecule is C=C(CCC1CO1)[Si](C)(C)C. The van der Waals surface area contributed by atoms with E-state index in [0.717, 1.165) is 6.61 Å². The first-order chi connectivity index (χ1) is 5.00. The Morgan fingerprint density at radius 3 is 2.45 bits per heavy atom. The summed E-state index contributed by atoms with van der Waals surface area (Å²) in [5.74, 6) is 0. The lowest BCUT2D eigenvalue weighted by molar-refractivity contribution is 0.397. The van der Waals surface area contributed by atoms with Gasteiger partial charge in [-0.3, -0.25) is 0 Å². The van der Waals surface area contributed by atoms with Crippen LogP contribution in [0.1, 0.15) is 12.8 Å². The van der Waals surface area contributed by atoms with Crippen LogP contribution < -0.4 is 0 Å². The normalized spacial score (nSPS) is 23.4. The standard InChI is InChI=1S/C9H18OSi/c1-8(11(2,3)4)5-6-9-7-10-9/h9H,1,5-7H2,2-4H3. The maximum absolute atomic E-state index is 5.15. The molecule has 1 saturated heterocycles. The van der Waals surface area contributed by atoms with Gasteiger partial charge in [0.05, 0.1) is 20.8 Å². The van der Waals surface area contributed by atoms with Gasteiger partial charge in [-0.25, -0.2) is 0 Å². The maximum Gasteiger partial charge on any atom is 0.0812 e. The van der Waals surface area contributed by atoms with Crippen molar-refractivity contribution in [3.05, 3.63) is 11.8 Å². The molecule has 0 bridgehead atoms. The highest BCUT2D eigenvalue weighted by Crippen LogP contribution is 2.23. The zero-order valence-electron chi connectivity index (χ0n) is 7.81. The van der Waals surface area contributed by atoms with Crippen LogP contribution in [0.2, 0.25) is 19.6 Å². The van der Waals surface area contributed by atoms with Crippen molar-refractivity contribution in [1.29, 1.82) is 0 Å². The molecule has 0 amide bonds.